The van der Waals surface area contributed by atoms with Gasteiger partial charge < -0.3 is 0 Å². The Morgan fingerprint density at radius 2 is 1.44 bits per heavy atom. The largest absolute Gasteiger partial charge is 0.394 e. The fourth-order valence-electron chi connectivity index (χ4n) is 1.22. The molecule has 0 heterocycles. The van der Waals surface area contributed by atoms with E-state index in [-0.39, 0.29) is 0 Å². The topological polar surface area (TPSA) is 101 Å². The Balaban J connectivity index is 0.000000494. The van der Waals surface area contributed by atoms with Crippen molar-refractivity contribution in [1.29, 1.82) is 0 Å². The van der Waals surface area contributed by atoms with Gasteiger partial charge in [-0.2, -0.15) is 18.6 Å². The summed E-state index contributed by atoms with van der Waals surface area (Å²) in [6, 6.07) is 9.49. The lowest BCUT2D eigenvalue weighted by Crippen LogP contribution is -2.40. The van der Waals surface area contributed by atoms with Gasteiger partial charge in [-0.1, -0.05) is 32.0 Å². The maximum atomic E-state index is 9.74. The van der Waals surface area contributed by atoms with E-state index in [2.05, 4.69) is 0 Å². The molecule has 8 heteroatoms. The van der Waals surface area contributed by atoms with E-state index in [0.717, 1.165) is 18.8 Å². The van der Waals surface area contributed by atoms with Gasteiger partial charge in [0, 0.05) is 13.1 Å². The van der Waals surface area contributed by atoms with Crippen molar-refractivity contribution in [3.05, 3.63) is 30.3 Å². The van der Waals surface area contributed by atoms with Gasteiger partial charge in [0.15, 0.2) is 0 Å². The second-order valence-electron chi connectivity index (χ2n) is 3.21. The first-order valence-electron chi connectivity index (χ1n) is 5.28. The molecule has 0 unspecified atom stereocenters. The lowest BCUT2D eigenvalue weighted by atomic mass is 10.3. The first-order valence-corrected chi connectivity index (χ1v) is 6.68. The van der Waals surface area contributed by atoms with Crippen LogP contribution in [0.3, 0.4) is 0 Å². The minimum atomic E-state index is -4.67. The van der Waals surface area contributed by atoms with E-state index in [9.17, 15) is 5.21 Å². The number of nitrogens with zero attached hydrogens (tertiary/aromatic N) is 2. The van der Waals surface area contributed by atoms with Crippen LogP contribution in [0.2, 0.25) is 0 Å². The van der Waals surface area contributed by atoms with Crippen LogP contribution in [0.4, 0.5) is 5.69 Å². The first-order chi connectivity index (χ1) is 8.29. The molecular formula is C10H18N2O5S. The second-order valence-corrected chi connectivity index (χ2v) is 4.11. The van der Waals surface area contributed by atoms with Crippen LogP contribution < -0.4 is 5.17 Å². The molecule has 0 aromatic heterocycles. The number of hydrogen-bond donors (Lipinski definition) is 3. The zero-order chi connectivity index (χ0) is 14.2. The summed E-state index contributed by atoms with van der Waals surface area (Å²) in [7, 11) is -4.67. The predicted octanol–water partition coefficient (Wildman–Crippen LogP) is 1.49. The SMILES string of the molecule is CCN(CC)N(O)c1ccccc1.O=S(=O)(O)O. The van der Waals surface area contributed by atoms with Crippen LogP contribution in [0.25, 0.3) is 0 Å². The van der Waals surface area contributed by atoms with Gasteiger partial charge >= 0.3 is 10.4 Å². The summed E-state index contributed by atoms with van der Waals surface area (Å²) in [4.78, 5) is 0. The third kappa shape index (κ3) is 7.98. The fraction of sp³-hybridized carbons (Fsp3) is 0.400. The summed E-state index contributed by atoms with van der Waals surface area (Å²) in [6.45, 7) is 5.61. The quantitative estimate of drug-likeness (QED) is 0.566. The normalized spacial score (nSPS) is 10.8. The molecule has 0 fully saturated rings. The molecule has 3 N–H and O–H groups in total. The summed E-state index contributed by atoms with van der Waals surface area (Å²) in [5.41, 5.74) is 0.797. The minimum absolute atomic E-state index is 0.794. The van der Waals surface area contributed by atoms with E-state index >= 15 is 0 Å². The molecule has 1 aromatic carbocycles. The van der Waals surface area contributed by atoms with E-state index in [1.54, 1.807) is 0 Å². The van der Waals surface area contributed by atoms with Gasteiger partial charge in [0.2, 0.25) is 0 Å². The predicted molar refractivity (Wildman–Crippen MR) is 67.8 cm³/mol. The number of para-hydroxylation sites is 1. The summed E-state index contributed by atoms with van der Waals surface area (Å²) in [5.74, 6) is 0. The molecule has 1 rings (SSSR count). The molecule has 18 heavy (non-hydrogen) atoms. The molecule has 0 saturated carbocycles. The molecule has 1 aromatic rings. The number of rotatable bonds is 4. The molecule has 0 radical (unpaired) electrons. The van der Waals surface area contributed by atoms with Gasteiger partial charge in [-0.15, -0.1) is 0 Å². The molecular weight excluding hydrogens is 260 g/mol. The van der Waals surface area contributed by atoms with Crippen molar-refractivity contribution in [2.75, 3.05) is 18.3 Å². The summed E-state index contributed by atoms with van der Waals surface area (Å²) in [6.07, 6.45) is 0. The molecule has 0 bridgehead atoms. The van der Waals surface area contributed by atoms with Crippen LogP contribution in [-0.4, -0.2) is 40.8 Å². The van der Waals surface area contributed by atoms with E-state index in [1.807, 2.05) is 49.2 Å². The maximum Gasteiger partial charge on any atom is 0.394 e. The van der Waals surface area contributed by atoms with Gasteiger partial charge in [-0.05, 0) is 12.1 Å². The number of hydrogen-bond acceptors (Lipinski definition) is 5. The van der Waals surface area contributed by atoms with Crippen molar-refractivity contribution in [2.24, 2.45) is 0 Å². The fourth-order valence-corrected chi connectivity index (χ4v) is 1.22. The standard InChI is InChI=1S/C10H16N2O.H2O4S/c1-3-11(4-2)12(13)10-8-6-5-7-9-10;1-5(2,3)4/h5-9,13H,3-4H2,1-2H3;(H2,1,2,3,4). The summed E-state index contributed by atoms with van der Waals surface area (Å²) < 4.78 is 31.6. The molecule has 0 amide bonds. The van der Waals surface area contributed by atoms with Crippen molar-refractivity contribution in [2.45, 2.75) is 13.8 Å². The Morgan fingerprint density at radius 1 is 1.06 bits per heavy atom. The Labute approximate surface area is 107 Å². The van der Waals surface area contributed by atoms with Crippen molar-refractivity contribution in [3.8, 4) is 0 Å². The summed E-state index contributed by atoms with van der Waals surface area (Å²) in [5, 5.41) is 12.8. The molecule has 0 atom stereocenters. The van der Waals surface area contributed by atoms with E-state index < -0.39 is 10.4 Å². The monoisotopic (exact) mass is 278 g/mol. The Kier molecular flexibility index (Phi) is 7.48. The molecule has 104 valence electrons. The molecule has 0 saturated heterocycles. The van der Waals surface area contributed by atoms with Crippen LogP contribution in [0.15, 0.2) is 30.3 Å². The van der Waals surface area contributed by atoms with E-state index in [1.165, 1.54) is 5.17 Å². The third-order valence-corrected chi connectivity index (χ3v) is 1.99. The smallest absolute Gasteiger partial charge is 0.273 e. The van der Waals surface area contributed by atoms with Crippen molar-refractivity contribution in [3.63, 3.8) is 0 Å². The van der Waals surface area contributed by atoms with Crippen LogP contribution in [0, 0.1) is 0 Å². The lowest BCUT2D eigenvalue weighted by Gasteiger charge is -2.28. The van der Waals surface area contributed by atoms with Gasteiger partial charge in [-0.25, -0.2) is 0 Å². The van der Waals surface area contributed by atoms with Gasteiger partial charge in [-0.3, -0.25) is 14.3 Å². The van der Waals surface area contributed by atoms with Gasteiger partial charge in [0.05, 0.1) is 5.69 Å². The molecule has 0 aliphatic heterocycles. The van der Waals surface area contributed by atoms with Crippen LogP contribution in [0.5, 0.6) is 0 Å². The highest BCUT2D eigenvalue weighted by molar-refractivity contribution is 7.79. The first kappa shape index (κ1) is 16.8. The number of benzene rings is 1. The van der Waals surface area contributed by atoms with E-state index in [4.69, 9.17) is 17.5 Å². The Morgan fingerprint density at radius 3 is 1.78 bits per heavy atom. The van der Waals surface area contributed by atoms with Crippen molar-refractivity contribution >= 4 is 16.1 Å². The molecule has 0 aliphatic carbocycles. The molecule has 0 spiro atoms. The third-order valence-electron chi connectivity index (χ3n) is 1.99. The average molecular weight is 278 g/mol. The van der Waals surface area contributed by atoms with Gasteiger partial charge in [0.1, 0.15) is 0 Å². The lowest BCUT2D eigenvalue weighted by molar-refractivity contribution is 0.0744. The summed E-state index contributed by atoms with van der Waals surface area (Å²) >= 11 is 0. The zero-order valence-corrected chi connectivity index (χ0v) is 11.1. The minimum Gasteiger partial charge on any atom is -0.273 e. The van der Waals surface area contributed by atoms with Crippen LogP contribution >= 0.6 is 0 Å². The number of hydrazine groups is 1. The van der Waals surface area contributed by atoms with Crippen molar-refractivity contribution < 1.29 is 22.7 Å². The molecule has 7 nitrogen and oxygen atoms in total. The average Bonchev–Trinajstić information content (AvgIpc) is 2.29. The van der Waals surface area contributed by atoms with E-state index in [0.29, 0.717) is 0 Å². The zero-order valence-electron chi connectivity index (χ0n) is 10.3. The molecule has 0 aliphatic rings. The Hall–Kier alpha value is -1.19. The number of anilines is 1. The van der Waals surface area contributed by atoms with Gasteiger partial charge in [0.25, 0.3) is 0 Å². The van der Waals surface area contributed by atoms with Crippen molar-refractivity contribution in [1.82, 2.24) is 5.01 Å². The Bertz CT molecular complexity index is 411. The maximum absolute atomic E-state index is 9.74. The van der Waals surface area contributed by atoms with Crippen LogP contribution in [-0.2, 0) is 10.4 Å². The van der Waals surface area contributed by atoms with Crippen LogP contribution in [0.1, 0.15) is 13.8 Å². The highest BCUT2D eigenvalue weighted by Gasteiger charge is 2.08. The highest BCUT2D eigenvalue weighted by atomic mass is 32.3. The second kappa shape index (κ2) is 8.01. The highest BCUT2D eigenvalue weighted by Crippen LogP contribution is 2.12.